The molecule has 2 radical (unpaired) electrons. The van der Waals surface area contributed by atoms with Crippen molar-refractivity contribution >= 4 is 24.6 Å². The number of benzene rings is 2. The fourth-order valence-electron chi connectivity index (χ4n) is 5.06. The Labute approximate surface area is 301 Å². The third-order valence-corrected chi connectivity index (χ3v) is 6.89. The smallest absolute Gasteiger partial charge is 0.239 e. The molecule has 12 heteroatoms. The van der Waals surface area contributed by atoms with Crippen LogP contribution in [0.5, 0.6) is 0 Å². The maximum Gasteiger partial charge on any atom is 0.239 e. The standard InChI is InChI=1S/2C14H17N2O2.2CH4N.2Y/c1-2-13-7-11-5-3-4-6-12(11)9-16(13)14(18)8-15-10-17;1-2-13-12-6-4-3-5-11(12)7-8-16(13)14(18)9-15-10-17;2*1-2;;/h2*3-6,13H,2,7-9H2,1H3,(H,15,17);2*2H,1H3;;/q4*-1;;. The molecule has 4 rings (SSSR count). The van der Waals surface area contributed by atoms with Crippen LogP contribution in [-0.4, -0.2) is 74.2 Å². The molecule has 0 fully saturated rings. The quantitative estimate of drug-likeness (QED) is 0.317. The van der Waals surface area contributed by atoms with Gasteiger partial charge >= 0.3 is 0 Å². The van der Waals surface area contributed by atoms with Crippen LogP contribution in [0, 0.1) is 0 Å². The number of hydrogen-bond acceptors (Lipinski definition) is 4. The zero-order chi connectivity index (χ0) is 29.9. The Bertz CT molecular complexity index is 1050. The van der Waals surface area contributed by atoms with E-state index < -0.39 is 0 Å². The van der Waals surface area contributed by atoms with E-state index in [9.17, 15) is 19.2 Å². The van der Waals surface area contributed by atoms with E-state index in [4.69, 9.17) is 11.5 Å². The van der Waals surface area contributed by atoms with E-state index in [1.807, 2.05) is 34.1 Å². The first-order valence-corrected chi connectivity index (χ1v) is 13.5. The second-order valence-corrected chi connectivity index (χ2v) is 8.93. The van der Waals surface area contributed by atoms with Crippen LogP contribution in [0.3, 0.4) is 0 Å². The van der Waals surface area contributed by atoms with Crippen LogP contribution < -0.4 is 10.6 Å². The summed E-state index contributed by atoms with van der Waals surface area (Å²) in [5.74, 6) is -0.0839. The number of carbonyl (C=O) groups excluding carboxylic acids is 4. The molecule has 0 spiro atoms. The van der Waals surface area contributed by atoms with Crippen LogP contribution in [0.15, 0.2) is 48.5 Å². The molecule has 4 amide bonds. The van der Waals surface area contributed by atoms with Gasteiger partial charge in [-0.05, 0) is 47.9 Å². The number of nitrogens with one attached hydrogen (secondary N) is 4. The number of rotatable bonds is 8. The topological polar surface area (TPSA) is 146 Å². The van der Waals surface area contributed by atoms with Crippen LogP contribution in [0.25, 0.3) is 11.5 Å². The van der Waals surface area contributed by atoms with Gasteiger partial charge in [0.1, 0.15) is 0 Å². The van der Waals surface area contributed by atoms with Crippen LogP contribution in [0.2, 0.25) is 0 Å². The zero-order valence-electron chi connectivity index (χ0n) is 25.1. The Balaban J connectivity index is 0. The van der Waals surface area contributed by atoms with Gasteiger partial charge in [0.05, 0.1) is 19.1 Å². The number of hydrogen-bond donors (Lipinski definition) is 2. The number of amides is 4. The molecule has 0 saturated heterocycles. The molecule has 2 heterocycles. The maximum absolute atomic E-state index is 12.0. The van der Waals surface area contributed by atoms with Crippen molar-refractivity contribution in [1.29, 1.82) is 0 Å². The van der Waals surface area contributed by atoms with E-state index in [0.717, 1.165) is 32.2 Å². The Hall–Kier alpha value is -1.55. The number of fused-ring (bicyclic) bond motifs is 2. The second kappa shape index (κ2) is 24.8. The van der Waals surface area contributed by atoms with Gasteiger partial charge in [-0.15, -0.1) is 0 Å². The van der Waals surface area contributed by atoms with Crippen molar-refractivity contribution in [3.8, 4) is 0 Å². The molecular formula is C30H42N6O4Y2-4. The van der Waals surface area contributed by atoms with E-state index in [1.54, 1.807) is 12.8 Å². The van der Waals surface area contributed by atoms with Gasteiger partial charge in [-0.2, -0.15) is 26.9 Å². The Morgan fingerprint density at radius 1 is 0.786 bits per heavy atom. The van der Waals surface area contributed by atoms with Crippen molar-refractivity contribution in [2.24, 2.45) is 0 Å². The molecule has 0 bridgehead atoms. The third-order valence-electron chi connectivity index (χ3n) is 6.89. The number of carbonyl (C=O) groups is 2. The molecule has 2 aromatic rings. The van der Waals surface area contributed by atoms with E-state index in [2.05, 4.69) is 48.7 Å². The van der Waals surface area contributed by atoms with Crippen molar-refractivity contribution in [2.75, 3.05) is 33.7 Å². The first-order chi connectivity index (χ1) is 19.5. The molecular weight excluding hydrogens is 686 g/mol. The normalized spacial score (nSPS) is 15.8. The molecule has 0 aromatic heterocycles. The van der Waals surface area contributed by atoms with Crippen molar-refractivity contribution in [3.05, 3.63) is 82.3 Å². The SMILES string of the molecule is CCC1Cc2ccccc2CN1C(=O)CN[C-]=O.CCC1c2ccccc2CCN1C(=O)CN[C-]=O.C[NH-].C[NH-].[Y].[Y]. The molecule has 0 aliphatic carbocycles. The van der Waals surface area contributed by atoms with Crippen LogP contribution >= 0.6 is 0 Å². The van der Waals surface area contributed by atoms with Crippen molar-refractivity contribution in [2.45, 2.75) is 58.2 Å². The summed E-state index contributed by atoms with van der Waals surface area (Å²) in [6.07, 6.45) is 6.66. The molecule has 4 N–H and O–H groups in total. The summed E-state index contributed by atoms with van der Waals surface area (Å²) in [7, 11) is 2.50. The van der Waals surface area contributed by atoms with Gasteiger partial charge in [-0.1, -0.05) is 62.4 Å². The molecule has 42 heavy (non-hydrogen) atoms. The average Bonchev–Trinajstić information content (AvgIpc) is 3.03. The maximum atomic E-state index is 12.0. The third kappa shape index (κ3) is 12.6. The summed E-state index contributed by atoms with van der Waals surface area (Å²) in [6, 6.07) is 16.8. The van der Waals surface area contributed by atoms with Gasteiger partial charge in [0.2, 0.25) is 11.8 Å². The van der Waals surface area contributed by atoms with Crippen LogP contribution in [0.4, 0.5) is 0 Å². The predicted octanol–water partition coefficient (Wildman–Crippen LogP) is 3.52. The summed E-state index contributed by atoms with van der Waals surface area (Å²) < 4.78 is 0. The second-order valence-electron chi connectivity index (χ2n) is 8.93. The van der Waals surface area contributed by atoms with Crippen molar-refractivity contribution in [1.82, 2.24) is 20.4 Å². The van der Waals surface area contributed by atoms with Crippen LogP contribution in [0.1, 0.15) is 55.0 Å². The summed E-state index contributed by atoms with van der Waals surface area (Å²) in [6.45, 7) is 5.57. The molecule has 2 atom stereocenters. The summed E-state index contributed by atoms with van der Waals surface area (Å²) >= 11 is 0. The van der Waals surface area contributed by atoms with E-state index in [1.165, 1.54) is 36.3 Å². The first-order valence-electron chi connectivity index (χ1n) is 13.5. The summed E-state index contributed by atoms with van der Waals surface area (Å²) in [5, 5.41) is 4.63. The first kappa shape index (κ1) is 42.6. The van der Waals surface area contributed by atoms with Crippen molar-refractivity contribution < 1.29 is 84.6 Å². The number of nitrogens with zero attached hydrogens (tertiary/aromatic N) is 2. The molecule has 2 aromatic carbocycles. The zero-order valence-corrected chi connectivity index (χ0v) is 30.8. The molecule has 0 saturated carbocycles. The Morgan fingerprint density at radius 3 is 1.81 bits per heavy atom. The fourth-order valence-corrected chi connectivity index (χ4v) is 5.06. The minimum atomic E-state index is -0.0419. The summed E-state index contributed by atoms with van der Waals surface area (Å²) in [5.41, 5.74) is 16.6. The van der Waals surface area contributed by atoms with Gasteiger partial charge in [0, 0.05) is 84.5 Å². The van der Waals surface area contributed by atoms with E-state index in [0.29, 0.717) is 6.54 Å². The van der Waals surface area contributed by atoms with E-state index >= 15 is 0 Å². The average molecular weight is 729 g/mol. The van der Waals surface area contributed by atoms with Crippen molar-refractivity contribution in [3.63, 3.8) is 0 Å². The molecule has 226 valence electrons. The van der Waals surface area contributed by atoms with Crippen LogP contribution in [-0.2, 0) is 104 Å². The van der Waals surface area contributed by atoms with Gasteiger partial charge in [-0.25, -0.2) is 0 Å². The van der Waals surface area contributed by atoms with Gasteiger partial charge in [0.25, 0.3) is 0 Å². The minimum absolute atomic E-state index is 0. The minimum Gasteiger partial charge on any atom is -0.680 e. The van der Waals surface area contributed by atoms with Gasteiger partial charge in [0.15, 0.2) is 0 Å². The predicted molar refractivity (Wildman–Crippen MR) is 158 cm³/mol. The monoisotopic (exact) mass is 728 g/mol. The van der Waals surface area contributed by atoms with Gasteiger partial charge in [-0.3, -0.25) is 9.59 Å². The fraction of sp³-hybridized carbons (Fsp3) is 0.467. The molecule has 2 unspecified atom stereocenters. The molecule has 2 aliphatic rings. The largest absolute Gasteiger partial charge is 0.680 e. The van der Waals surface area contributed by atoms with Gasteiger partial charge < -0.3 is 41.5 Å². The van der Waals surface area contributed by atoms with E-state index in [-0.39, 0.29) is 102 Å². The Morgan fingerprint density at radius 2 is 1.29 bits per heavy atom. The molecule has 2 aliphatic heterocycles. The molecule has 10 nitrogen and oxygen atoms in total. The Kier molecular flexibility index (Phi) is 25.2. The summed E-state index contributed by atoms with van der Waals surface area (Å²) in [4.78, 5) is 48.0.